The Kier molecular flexibility index (Phi) is 2.80. The Labute approximate surface area is 105 Å². The number of carbonyl (C=O) groups excluding carboxylic acids is 1. The Morgan fingerprint density at radius 1 is 1.53 bits per heavy atom. The zero-order valence-electron chi connectivity index (χ0n) is 9.53. The first-order valence-corrected chi connectivity index (χ1v) is 6.33. The lowest BCUT2D eigenvalue weighted by atomic mass is 10.1. The molecule has 3 heterocycles. The Hall–Kier alpha value is -1.07. The Bertz CT molecular complexity index is 439. The van der Waals surface area contributed by atoms with Crippen LogP contribution in [0.1, 0.15) is 12.2 Å². The van der Waals surface area contributed by atoms with E-state index in [1.807, 2.05) is 9.47 Å². The summed E-state index contributed by atoms with van der Waals surface area (Å²) in [5, 5.41) is 3.89. The molecule has 2 aliphatic rings. The fourth-order valence-electron chi connectivity index (χ4n) is 2.53. The van der Waals surface area contributed by atoms with Crippen LogP contribution in [-0.4, -0.2) is 40.0 Å². The molecule has 0 aromatic carbocycles. The van der Waals surface area contributed by atoms with Crippen LogP contribution < -0.4 is 5.32 Å². The van der Waals surface area contributed by atoms with Gasteiger partial charge in [-0.15, -0.1) is 0 Å². The molecule has 1 aromatic heterocycles. The molecule has 0 aliphatic carbocycles. The van der Waals surface area contributed by atoms with E-state index >= 15 is 0 Å². The first-order valence-electron chi connectivity index (χ1n) is 5.95. The molecule has 0 spiro atoms. The normalized spacial score (nSPS) is 23.8. The maximum Gasteiger partial charge on any atom is 0.227 e. The average Bonchev–Trinajstić information content (AvgIpc) is 2.98. The van der Waals surface area contributed by atoms with Gasteiger partial charge in [0, 0.05) is 19.6 Å². The van der Waals surface area contributed by atoms with Crippen LogP contribution in [0.5, 0.6) is 0 Å². The summed E-state index contributed by atoms with van der Waals surface area (Å²) in [6, 6.07) is 0. The van der Waals surface area contributed by atoms with E-state index in [0.717, 1.165) is 38.4 Å². The van der Waals surface area contributed by atoms with Crippen molar-refractivity contribution < 1.29 is 4.79 Å². The van der Waals surface area contributed by atoms with E-state index in [1.165, 1.54) is 0 Å². The third kappa shape index (κ3) is 1.93. The number of hydrogen-bond donors (Lipinski definition) is 1. The van der Waals surface area contributed by atoms with Gasteiger partial charge in [0.05, 0.1) is 18.7 Å². The van der Waals surface area contributed by atoms with Gasteiger partial charge in [-0.2, -0.15) is 0 Å². The molecule has 5 nitrogen and oxygen atoms in total. The van der Waals surface area contributed by atoms with Crippen molar-refractivity contribution in [2.24, 2.45) is 5.92 Å². The van der Waals surface area contributed by atoms with Crippen molar-refractivity contribution in [2.45, 2.75) is 19.5 Å². The van der Waals surface area contributed by atoms with Gasteiger partial charge in [0.2, 0.25) is 5.91 Å². The number of nitrogens with one attached hydrogen (secondary N) is 1. The molecule has 0 unspecified atom stereocenters. The second-order valence-electron chi connectivity index (χ2n) is 4.60. The number of fused-ring (bicyclic) bond motifs is 1. The van der Waals surface area contributed by atoms with Crippen LogP contribution in [0.4, 0.5) is 0 Å². The monoisotopic (exact) mass is 254 g/mol. The second-order valence-corrected chi connectivity index (χ2v) is 4.99. The number of amides is 1. The molecular weight excluding hydrogens is 240 g/mol. The van der Waals surface area contributed by atoms with Crippen LogP contribution in [0.2, 0.25) is 5.15 Å². The van der Waals surface area contributed by atoms with Gasteiger partial charge in [0.15, 0.2) is 0 Å². The highest BCUT2D eigenvalue weighted by Gasteiger charge is 2.30. The summed E-state index contributed by atoms with van der Waals surface area (Å²) in [6.07, 6.45) is 2.60. The minimum atomic E-state index is 0.145. The summed E-state index contributed by atoms with van der Waals surface area (Å²) in [4.78, 5) is 18.4. The van der Waals surface area contributed by atoms with Crippen LogP contribution in [0.3, 0.4) is 0 Å². The Morgan fingerprint density at radius 3 is 3.18 bits per heavy atom. The number of halogens is 1. The lowest BCUT2D eigenvalue weighted by Crippen LogP contribution is -2.42. The Morgan fingerprint density at radius 2 is 2.41 bits per heavy atom. The minimum absolute atomic E-state index is 0.145. The molecule has 3 rings (SSSR count). The van der Waals surface area contributed by atoms with Gasteiger partial charge < -0.3 is 14.8 Å². The lowest BCUT2D eigenvalue weighted by molar-refractivity contribution is -0.136. The topological polar surface area (TPSA) is 50.2 Å². The molecular formula is C11H15ClN4O. The molecule has 1 N–H and O–H groups in total. The third-order valence-corrected chi connectivity index (χ3v) is 3.84. The van der Waals surface area contributed by atoms with Gasteiger partial charge >= 0.3 is 0 Å². The van der Waals surface area contributed by atoms with Crippen molar-refractivity contribution in [3.63, 3.8) is 0 Å². The van der Waals surface area contributed by atoms with E-state index < -0.39 is 0 Å². The standard InChI is InChI=1S/C11H15ClN4O/c12-9-6-14-10-7-15(3-4-16(9)10)11(17)8-1-2-13-5-8/h6,8,13H,1-5,7H2/t8-/m1/s1. The van der Waals surface area contributed by atoms with Gasteiger partial charge in [-0.05, 0) is 13.0 Å². The van der Waals surface area contributed by atoms with Crippen LogP contribution in [-0.2, 0) is 17.9 Å². The van der Waals surface area contributed by atoms with E-state index in [2.05, 4.69) is 10.3 Å². The number of imidazole rings is 1. The third-order valence-electron chi connectivity index (χ3n) is 3.54. The summed E-state index contributed by atoms with van der Waals surface area (Å²) < 4.78 is 1.97. The summed E-state index contributed by atoms with van der Waals surface area (Å²) >= 11 is 6.00. The van der Waals surface area contributed by atoms with E-state index in [0.29, 0.717) is 11.7 Å². The summed E-state index contributed by atoms with van der Waals surface area (Å²) in [7, 11) is 0. The van der Waals surface area contributed by atoms with Crippen LogP contribution in [0, 0.1) is 5.92 Å². The number of nitrogens with zero attached hydrogens (tertiary/aromatic N) is 3. The number of carbonyl (C=O) groups is 1. The van der Waals surface area contributed by atoms with Crippen LogP contribution in [0.15, 0.2) is 6.20 Å². The van der Waals surface area contributed by atoms with Crippen molar-refractivity contribution in [2.75, 3.05) is 19.6 Å². The van der Waals surface area contributed by atoms with Crippen LogP contribution in [0.25, 0.3) is 0 Å². The van der Waals surface area contributed by atoms with Gasteiger partial charge in [-0.1, -0.05) is 11.6 Å². The molecule has 1 fully saturated rings. The first kappa shape index (κ1) is 11.0. The SMILES string of the molecule is O=C([C@@H]1CCNC1)N1CCn2c(Cl)cnc2C1. The lowest BCUT2D eigenvalue weighted by Gasteiger charge is -2.29. The predicted molar refractivity (Wildman–Crippen MR) is 63.6 cm³/mol. The van der Waals surface area contributed by atoms with Gasteiger partial charge in [-0.25, -0.2) is 4.98 Å². The molecule has 17 heavy (non-hydrogen) atoms. The molecule has 0 bridgehead atoms. The van der Waals surface area contributed by atoms with E-state index in [4.69, 9.17) is 11.6 Å². The zero-order valence-corrected chi connectivity index (χ0v) is 10.3. The molecule has 92 valence electrons. The van der Waals surface area contributed by atoms with Crippen molar-refractivity contribution in [3.8, 4) is 0 Å². The largest absolute Gasteiger partial charge is 0.333 e. The van der Waals surface area contributed by atoms with Gasteiger partial charge in [0.25, 0.3) is 0 Å². The smallest absolute Gasteiger partial charge is 0.227 e. The molecule has 1 atom stereocenters. The first-order chi connectivity index (χ1) is 8.25. The highest BCUT2D eigenvalue weighted by Crippen LogP contribution is 2.20. The van der Waals surface area contributed by atoms with Crippen molar-refractivity contribution >= 4 is 17.5 Å². The van der Waals surface area contributed by atoms with E-state index in [9.17, 15) is 4.79 Å². The maximum absolute atomic E-state index is 12.2. The highest BCUT2D eigenvalue weighted by molar-refractivity contribution is 6.29. The predicted octanol–water partition coefficient (Wildman–Crippen LogP) is 0.488. The average molecular weight is 255 g/mol. The Balaban J connectivity index is 1.73. The second kappa shape index (κ2) is 4.31. The summed E-state index contributed by atoms with van der Waals surface area (Å²) in [5.74, 6) is 1.29. The molecule has 1 saturated heterocycles. The molecule has 2 aliphatic heterocycles. The fourth-order valence-corrected chi connectivity index (χ4v) is 2.77. The molecule has 0 saturated carbocycles. The summed E-state index contributed by atoms with van der Waals surface area (Å²) in [6.45, 7) is 3.83. The number of aromatic nitrogens is 2. The van der Waals surface area contributed by atoms with E-state index in [-0.39, 0.29) is 11.8 Å². The quantitative estimate of drug-likeness (QED) is 0.794. The molecule has 0 radical (unpaired) electrons. The van der Waals surface area contributed by atoms with Gasteiger partial charge in [0.1, 0.15) is 11.0 Å². The van der Waals surface area contributed by atoms with E-state index in [1.54, 1.807) is 6.20 Å². The minimum Gasteiger partial charge on any atom is -0.333 e. The van der Waals surface area contributed by atoms with Crippen LogP contribution >= 0.6 is 11.6 Å². The number of hydrogen-bond acceptors (Lipinski definition) is 3. The molecule has 1 amide bonds. The molecule has 1 aromatic rings. The highest BCUT2D eigenvalue weighted by atomic mass is 35.5. The fraction of sp³-hybridized carbons (Fsp3) is 0.636. The summed E-state index contributed by atoms with van der Waals surface area (Å²) in [5.41, 5.74) is 0. The maximum atomic E-state index is 12.2. The van der Waals surface area contributed by atoms with Crippen molar-refractivity contribution in [1.82, 2.24) is 19.8 Å². The van der Waals surface area contributed by atoms with Gasteiger partial charge in [-0.3, -0.25) is 4.79 Å². The molecule has 6 heteroatoms. The number of rotatable bonds is 1. The van der Waals surface area contributed by atoms with Crippen molar-refractivity contribution in [1.29, 1.82) is 0 Å². The van der Waals surface area contributed by atoms with Crippen molar-refractivity contribution in [3.05, 3.63) is 17.2 Å². The zero-order chi connectivity index (χ0) is 11.8.